The number of quaternary nitrogens is 1. The summed E-state index contributed by atoms with van der Waals surface area (Å²) in [5, 5.41) is 24.2. The van der Waals surface area contributed by atoms with Crippen LogP contribution in [0.25, 0.3) is 0 Å². The van der Waals surface area contributed by atoms with E-state index in [4.69, 9.17) is 39.9 Å². The van der Waals surface area contributed by atoms with Gasteiger partial charge in [0, 0.05) is 115 Å². The van der Waals surface area contributed by atoms with Crippen LogP contribution in [0.15, 0.2) is 47.1 Å². The molecular formula is C40H71N8O8Zn+. The van der Waals surface area contributed by atoms with Crippen LogP contribution >= 0.6 is 0 Å². The number of methoxy groups -OCH3 is 4. The Morgan fingerprint density at radius 1 is 0.772 bits per heavy atom. The van der Waals surface area contributed by atoms with Crippen molar-refractivity contribution in [1.29, 1.82) is 0 Å². The maximum atomic E-state index is 13.3. The molecule has 2 fully saturated rings. The van der Waals surface area contributed by atoms with Gasteiger partial charge in [-0.05, 0) is 27.7 Å². The fourth-order valence-corrected chi connectivity index (χ4v) is 6.73. The summed E-state index contributed by atoms with van der Waals surface area (Å²) in [4.78, 5) is 16.9. The topological polar surface area (TPSA) is 201 Å². The van der Waals surface area contributed by atoms with E-state index in [2.05, 4.69) is 38.3 Å². The minimum Gasteiger partial charge on any atom is -0.509 e. The second-order valence-electron chi connectivity index (χ2n) is 14.8. The van der Waals surface area contributed by atoms with E-state index in [1.165, 1.54) is 4.90 Å². The number of rotatable bonds is 21. The number of morpholine rings is 2. The molecule has 0 aromatic heterocycles. The fourth-order valence-electron chi connectivity index (χ4n) is 6.73. The monoisotopic (exact) mass is 855 g/mol. The minimum absolute atomic E-state index is 0. The quantitative estimate of drug-likeness (QED) is 0.0347. The van der Waals surface area contributed by atoms with Crippen LogP contribution in [-0.4, -0.2) is 161 Å². The summed E-state index contributed by atoms with van der Waals surface area (Å²) in [6.45, 7) is 19.5. The Bertz CT molecular complexity index is 1410. The number of Topliss-reactive ketones (excluding diaryl/α,β-unsaturated/α-hetero) is 1. The molecule has 1 aromatic carbocycles. The van der Waals surface area contributed by atoms with Crippen LogP contribution in [0.2, 0.25) is 0 Å². The van der Waals surface area contributed by atoms with E-state index in [9.17, 15) is 9.90 Å². The average molecular weight is 857 g/mol. The van der Waals surface area contributed by atoms with Crippen LogP contribution in [-0.2, 0) is 38.4 Å². The van der Waals surface area contributed by atoms with Gasteiger partial charge in [-0.15, -0.1) is 0 Å². The Balaban J connectivity index is 0.000000387. The molecule has 0 radical (unpaired) electrons. The molecule has 10 N–H and O–H groups in total. The molecule has 320 valence electrons. The summed E-state index contributed by atoms with van der Waals surface area (Å²) in [7, 11) is 6.40. The van der Waals surface area contributed by atoms with Crippen LogP contribution in [0.5, 0.6) is 11.5 Å². The molecule has 0 atom stereocenters. The van der Waals surface area contributed by atoms with Gasteiger partial charge in [-0.3, -0.25) is 4.79 Å². The molecule has 2 saturated heterocycles. The van der Waals surface area contributed by atoms with E-state index in [0.717, 1.165) is 71.3 Å². The van der Waals surface area contributed by atoms with Crippen molar-refractivity contribution in [2.75, 3.05) is 138 Å². The largest absolute Gasteiger partial charge is 0.509 e. The first kappa shape index (κ1) is 50.3. The predicted molar refractivity (Wildman–Crippen MR) is 220 cm³/mol. The number of aliphatic hydroxyl groups excluding tert-OH is 1. The van der Waals surface area contributed by atoms with Gasteiger partial charge in [0.2, 0.25) is 0 Å². The SMILES string of the molecule is COC1=CC([NH+]2CCOCC2)C=C(OC)C1=C(O)C(C)(C)NCCNCCN.COc1cc(N2CCOCC2)cc(OC)c1C(=O)C(C)(C)NCCNCCN.[Zn]. The third-order valence-corrected chi connectivity index (χ3v) is 10.1. The van der Waals surface area contributed by atoms with E-state index >= 15 is 0 Å². The first-order chi connectivity index (χ1) is 26.9. The van der Waals surface area contributed by atoms with Crippen LogP contribution in [0.1, 0.15) is 38.1 Å². The summed E-state index contributed by atoms with van der Waals surface area (Å²) in [6, 6.07) is 3.93. The first-order valence-electron chi connectivity index (χ1n) is 19.7. The Morgan fingerprint density at radius 3 is 1.70 bits per heavy atom. The van der Waals surface area contributed by atoms with E-state index in [0.29, 0.717) is 73.5 Å². The normalized spacial score (nSPS) is 17.7. The number of ether oxygens (including phenoxy) is 6. The zero-order valence-electron chi connectivity index (χ0n) is 35.8. The number of hydrogen-bond acceptors (Lipinski definition) is 15. The Labute approximate surface area is 353 Å². The molecule has 0 spiro atoms. The summed E-state index contributed by atoms with van der Waals surface area (Å²) in [5.74, 6) is 2.43. The second-order valence-corrected chi connectivity index (χ2v) is 14.8. The van der Waals surface area contributed by atoms with Gasteiger partial charge in [0.15, 0.2) is 5.78 Å². The number of nitrogens with two attached hydrogens (primary N) is 2. The van der Waals surface area contributed by atoms with Crippen molar-refractivity contribution < 1.29 is 62.7 Å². The molecule has 0 amide bonds. The number of nitrogens with zero attached hydrogens (tertiary/aromatic N) is 1. The molecule has 57 heavy (non-hydrogen) atoms. The average Bonchev–Trinajstić information content (AvgIpc) is 3.22. The summed E-state index contributed by atoms with van der Waals surface area (Å²) >= 11 is 0. The number of carbonyl (C=O) groups excluding carboxylic acids is 1. The Morgan fingerprint density at radius 2 is 1.25 bits per heavy atom. The molecule has 0 bridgehead atoms. The summed E-state index contributed by atoms with van der Waals surface area (Å²) in [5.41, 5.74) is 11.6. The molecule has 2 heterocycles. The van der Waals surface area contributed by atoms with Gasteiger partial charge in [0.1, 0.15) is 53.5 Å². The van der Waals surface area contributed by atoms with Crippen LogP contribution in [0.3, 0.4) is 0 Å². The molecule has 2 aliphatic heterocycles. The third-order valence-electron chi connectivity index (χ3n) is 10.1. The van der Waals surface area contributed by atoms with E-state index in [-0.39, 0.29) is 37.1 Å². The van der Waals surface area contributed by atoms with Gasteiger partial charge in [-0.25, -0.2) is 0 Å². The Hall–Kier alpha value is -2.83. The number of ketones is 1. The number of carbonyl (C=O) groups is 1. The van der Waals surface area contributed by atoms with E-state index in [1.807, 2.05) is 39.8 Å². The zero-order valence-corrected chi connectivity index (χ0v) is 38.8. The number of hydrogen-bond donors (Lipinski definition) is 8. The predicted octanol–water partition coefficient (Wildman–Crippen LogP) is -0.290. The van der Waals surface area contributed by atoms with Crippen molar-refractivity contribution >= 4 is 11.5 Å². The molecule has 16 nitrogen and oxygen atoms in total. The zero-order chi connectivity index (χ0) is 41.1. The third kappa shape index (κ3) is 14.7. The van der Waals surface area contributed by atoms with Gasteiger partial charge in [0.05, 0.1) is 71.5 Å². The number of benzene rings is 1. The van der Waals surface area contributed by atoms with Gasteiger partial charge < -0.3 is 76.1 Å². The molecule has 4 rings (SSSR count). The van der Waals surface area contributed by atoms with Crippen molar-refractivity contribution in [3.8, 4) is 11.5 Å². The number of anilines is 1. The van der Waals surface area contributed by atoms with Crippen LogP contribution in [0.4, 0.5) is 5.69 Å². The van der Waals surface area contributed by atoms with Crippen LogP contribution in [0, 0.1) is 0 Å². The van der Waals surface area contributed by atoms with Crippen LogP contribution < -0.4 is 52.0 Å². The molecule has 1 aromatic rings. The van der Waals surface area contributed by atoms with E-state index < -0.39 is 11.1 Å². The molecular weight excluding hydrogens is 786 g/mol. The van der Waals surface area contributed by atoms with Gasteiger partial charge in [-0.2, -0.15) is 0 Å². The first-order valence-corrected chi connectivity index (χ1v) is 19.7. The summed E-state index contributed by atoms with van der Waals surface area (Å²) < 4.78 is 33.4. The number of nitrogens with one attached hydrogen (secondary N) is 5. The second kappa shape index (κ2) is 25.6. The maximum Gasteiger partial charge on any atom is 0.189 e. The molecule has 17 heteroatoms. The van der Waals surface area contributed by atoms with Crippen molar-refractivity contribution in [3.05, 3.63) is 52.7 Å². The smallest absolute Gasteiger partial charge is 0.189 e. The van der Waals surface area contributed by atoms with E-state index in [1.54, 1.807) is 28.4 Å². The number of aliphatic hydroxyl groups is 1. The maximum absolute atomic E-state index is 13.3. The van der Waals surface area contributed by atoms with Crippen molar-refractivity contribution in [3.63, 3.8) is 0 Å². The van der Waals surface area contributed by atoms with Crippen molar-refractivity contribution in [1.82, 2.24) is 21.3 Å². The minimum atomic E-state index is -0.772. The van der Waals surface area contributed by atoms with Gasteiger partial charge in [-0.1, -0.05) is 0 Å². The molecule has 1 aliphatic carbocycles. The van der Waals surface area contributed by atoms with Crippen molar-refractivity contribution in [2.45, 2.75) is 44.8 Å². The van der Waals surface area contributed by atoms with Gasteiger partial charge in [0.25, 0.3) is 0 Å². The van der Waals surface area contributed by atoms with Crippen molar-refractivity contribution in [2.24, 2.45) is 11.5 Å². The molecule has 0 saturated carbocycles. The fraction of sp³-hybridized carbons (Fsp3) is 0.675. The molecule has 3 aliphatic rings. The standard InChI is InChI=1S/C20H36N4O4.C20H34N4O4.Zn/c2*1-20(2,23-8-7-22-6-5-21)19(25)18-16(26-3)13-15(14-17(18)27-4)24-9-11-28-12-10-24;/h13-15,22-23,25H,5-12,21H2,1-4H3;13-14,22-23H,5-12,21H2,1-4H3;/p+1. The van der Waals surface area contributed by atoms with Gasteiger partial charge >= 0.3 is 0 Å². The molecule has 0 unspecified atom stereocenters. The summed E-state index contributed by atoms with van der Waals surface area (Å²) in [6.07, 6.45) is 4.13. The Kier molecular flexibility index (Phi) is 22.6.